The van der Waals surface area contributed by atoms with Crippen molar-refractivity contribution in [2.45, 2.75) is 50.9 Å². The van der Waals surface area contributed by atoms with Gasteiger partial charge in [-0.3, -0.25) is 0 Å². The highest BCUT2D eigenvalue weighted by atomic mass is 79.9. The largest absolute Gasteiger partial charge is 0.465 e. The molecule has 3 N–H and O–H groups in total. The normalized spacial score (nSPS) is 14.9. The van der Waals surface area contributed by atoms with E-state index in [4.69, 9.17) is 0 Å². The molecule has 0 bridgehead atoms. The van der Waals surface area contributed by atoms with Gasteiger partial charge in [-0.15, -0.1) is 0 Å². The minimum atomic E-state index is -1.34. The van der Waals surface area contributed by atoms with E-state index in [0.717, 1.165) is 10.0 Å². The zero-order valence-electron chi connectivity index (χ0n) is 16.5. The summed E-state index contributed by atoms with van der Waals surface area (Å²) >= 11 is 3.38. The number of halogens is 1. The molecule has 0 saturated heterocycles. The van der Waals surface area contributed by atoms with Crippen LogP contribution in [-0.4, -0.2) is 38.5 Å². The van der Waals surface area contributed by atoms with Crippen LogP contribution in [0, 0.1) is 0 Å². The summed E-state index contributed by atoms with van der Waals surface area (Å²) in [6.07, 6.45) is -0.771. The van der Waals surface area contributed by atoms with E-state index in [2.05, 4.69) is 15.9 Å². The molecule has 5 nitrogen and oxygen atoms in total. The average molecular weight is 450 g/mol. The van der Waals surface area contributed by atoms with Crippen LogP contribution in [0.2, 0.25) is 0 Å². The molecule has 0 heterocycles. The molecule has 2 atom stereocenters. The van der Waals surface area contributed by atoms with Crippen LogP contribution in [0.25, 0.3) is 0 Å². The molecular weight excluding hydrogens is 422 g/mol. The number of aliphatic hydroxyl groups is 2. The molecule has 2 rings (SSSR count). The Kier molecular flexibility index (Phi) is 7.26. The van der Waals surface area contributed by atoms with Crippen molar-refractivity contribution in [2.75, 3.05) is 6.54 Å². The lowest BCUT2D eigenvalue weighted by Crippen LogP contribution is -2.41. The summed E-state index contributed by atoms with van der Waals surface area (Å²) in [6, 6.07) is 16.2. The molecular formula is C22H28BrNO4. The molecule has 0 radical (unpaired) electrons. The van der Waals surface area contributed by atoms with Gasteiger partial charge < -0.3 is 20.2 Å². The van der Waals surface area contributed by atoms with Gasteiger partial charge in [0, 0.05) is 17.4 Å². The van der Waals surface area contributed by atoms with Crippen LogP contribution in [0.1, 0.15) is 50.8 Å². The minimum Gasteiger partial charge on any atom is -0.465 e. The van der Waals surface area contributed by atoms with Gasteiger partial charge in [-0.25, -0.2) is 4.79 Å². The van der Waals surface area contributed by atoms with Gasteiger partial charge in [0.15, 0.2) is 0 Å². The number of amides is 1. The lowest BCUT2D eigenvalue weighted by molar-refractivity contribution is -0.0599. The maximum Gasteiger partial charge on any atom is 0.407 e. The van der Waals surface area contributed by atoms with Crippen LogP contribution >= 0.6 is 15.9 Å². The van der Waals surface area contributed by atoms with Crippen molar-refractivity contribution in [1.82, 2.24) is 4.90 Å². The third-order valence-electron chi connectivity index (χ3n) is 4.87. The van der Waals surface area contributed by atoms with Gasteiger partial charge in [0.1, 0.15) is 0 Å². The SMILES string of the molecule is C[C@@H](c1ccc(Br)cc1)N(CC[C@](O)(CC(C)(C)O)c1ccccc1)C(=O)O. The summed E-state index contributed by atoms with van der Waals surface area (Å²) in [7, 11) is 0. The van der Waals surface area contributed by atoms with Crippen molar-refractivity contribution < 1.29 is 20.1 Å². The highest BCUT2D eigenvalue weighted by molar-refractivity contribution is 9.10. The minimum absolute atomic E-state index is 0.101. The number of benzene rings is 2. The fourth-order valence-corrected chi connectivity index (χ4v) is 3.74. The summed E-state index contributed by atoms with van der Waals surface area (Å²) in [5.74, 6) is 0. The summed E-state index contributed by atoms with van der Waals surface area (Å²) < 4.78 is 0.925. The molecule has 1 amide bonds. The molecule has 2 aromatic rings. The van der Waals surface area contributed by atoms with Gasteiger partial charge in [0.05, 0.1) is 17.2 Å². The number of nitrogens with zero attached hydrogens (tertiary/aromatic N) is 1. The Labute approximate surface area is 174 Å². The molecule has 0 unspecified atom stereocenters. The maximum absolute atomic E-state index is 11.9. The molecule has 0 aliphatic heterocycles. The Morgan fingerprint density at radius 2 is 1.64 bits per heavy atom. The van der Waals surface area contributed by atoms with Gasteiger partial charge in [-0.1, -0.05) is 58.4 Å². The first kappa shape index (κ1) is 22.4. The smallest absolute Gasteiger partial charge is 0.407 e. The Balaban J connectivity index is 2.25. The van der Waals surface area contributed by atoms with Crippen molar-refractivity contribution in [1.29, 1.82) is 0 Å². The van der Waals surface area contributed by atoms with E-state index in [0.29, 0.717) is 5.56 Å². The first-order valence-corrected chi connectivity index (χ1v) is 10.1. The highest BCUT2D eigenvalue weighted by Crippen LogP contribution is 2.35. The second-order valence-corrected chi connectivity index (χ2v) is 8.76. The van der Waals surface area contributed by atoms with Crippen LogP contribution in [0.3, 0.4) is 0 Å². The first-order valence-electron chi connectivity index (χ1n) is 9.27. The molecule has 152 valence electrons. The molecule has 2 aromatic carbocycles. The predicted molar refractivity (Wildman–Crippen MR) is 113 cm³/mol. The van der Waals surface area contributed by atoms with E-state index >= 15 is 0 Å². The van der Waals surface area contributed by atoms with Crippen LogP contribution in [-0.2, 0) is 5.60 Å². The van der Waals surface area contributed by atoms with Gasteiger partial charge in [0.2, 0.25) is 0 Å². The molecule has 28 heavy (non-hydrogen) atoms. The molecule has 0 saturated carbocycles. The molecule has 6 heteroatoms. The van der Waals surface area contributed by atoms with Crippen molar-refractivity contribution in [3.05, 3.63) is 70.2 Å². The standard InChI is InChI=1S/C22H28BrNO4/c1-16(17-9-11-19(23)12-10-17)24(20(25)26)14-13-22(28,15-21(2,3)27)18-7-5-4-6-8-18/h4-12,16,27-28H,13-15H2,1-3H3,(H,25,26)/t16-,22-/m0/s1. The Hall–Kier alpha value is -1.89. The zero-order valence-corrected chi connectivity index (χ0v) is 18.1. The monoisotopic (exact) mass is 449 g/mol. The van der Waals surface area contributed by atoms with Gasteiger partial charge in [-0.05, 0) is 50.5 Å². The molecule has 0 spiro atoms. The second-order valence-electron chi connectivity index (χ2n) is 7.84. The number of carbonyl (C=O) groups is 1. The van der Waals surface area contributed by atoms with Gasteiger partial charge in [0.25, 0.3) is 0 Å². The second kappa shape index (κ2) is 9.07. The third-order valence-corrected chi connectivity index (χ3v) is 5.40. The number of rotatable bonds is 8. The Morgan fingerprint density at radius 3 is 2.14 bits per heavy atom. The summed E-state index contributed by atoms with van der Waals surface area (Å²) in [5, 5.41) is 31.4. The molecule has 0 aliphatic rings. The quantitative estimate of drug-likeness (QED) is 0.533. The molecule has 0 aromatic heterocycles. The Morgan fingerprint density at radius 1 is 1.07 bits per heavy atom. The molecule has 0 fully saturated rings. The lowest BCUT2D eigenvalue weighted by Gasteiger charge is -2.36. The fourth-order valence-electron chi connectivity index (χ4n) is 3.48. The van der Waals surface area contributed by atoms with E-state index < -0.39 is 17.3 Å². The van der Waals surface area contributed by atoms with Crippen molar-refractivity contribution >= 4 is 22.0 Å². The first-order chi connectivity index (χ1) is 13.0. The van der Waals surface area contributed by atoms with E-state index in [-0.39, 0.29) is 25.4 Å². The lowest BCUT2D eigenvalue weighted by atomic mass is 9.81. The van der Waals surface area contributed by atoms with E-state index in [1.54, 1.807) is 26.0 Å². The highest BCUT2D eigenvalue weighted by Gasteiger charge is 2.36. The van der Waals surface area contributed by atoms with Gasteiger partial charge in [-0.2, -0.15) is 0 Å². The van der Waals surface area contributed by atoms with Crippen molar-refractivity contribution in [2.24, 2.45) is 0 Å². The van der Waals surface area contributed by atoms with Crippen molar-refractivity contribution in [3.8, 4) is 0 Å². The Bertz CT molecular complexity index is 773. The predicted octanol–water partition coefficient (Wildman–Crippen LogP) is 4.93. The number of hydrogen-bond acceptors (Lipinski definition) is 3. The summed E-state index contributed by atoms with van der Waals surface area (Å²) in [5.41, 5.74) is -0.905. The van der Waals surface area contributed by atoms with Crippen LogP contribution < -0.4 is 0 Å². The van der Waals surface area contributed by atoms with Crippen LogP contribution in [0.5, 0.6) is 0 Å². The summed E-state index contributed by atoms with van der Waals surface area (Å²) in [4.78, 5) is 13.2. The van der Waals surface area contributed by atoms with Gasteiger partial charge >= 0.3 is 6.09 Å². The van der Waals surface area contributed by atoms with Crippen molar-refractivity contribution in [3.63, 3.8) is 0 Å². The number of carboxylic acid groups (broad SMARTS) is 1. The number of hydrogen-bond donors (Lipinski definition) is 3. The molecule has 0 aliphatic carbocycles. The maximum atomic E-state index is 11.9. The summed E-state index contributed by atoms with van der Waals surface area (Å²) in [6.45, 7) is 5.24. The average Bonchev–Trinajstić information content (AvgIpc) is 2.61. The topological polar surface area (TPSA) is 81.0 Å². The van der Waals surface area contributed by atoms with Crippen LogP contribution in [0.4, 0.5) is 4.79 Å². The zero-order chi connectivity index (χ0) is 20.9. The van der Waals surface area contributed by atoms with E-state index in [1.165, 1.54) is 4.90 Å². The fraction of sp³-hybridized carbons (Fsp3) is 0.409. The van der Waals surface area contributed by atoms with E-state index in [9.17, 15) is 20.1 Å². The van der Waals surface area contributed by atoms with E-state index in [1.807, 2.05) is 49.4 Å². The van der Waals surface area contributed by atoms with Crippen LogP contribution in [0.15, 0.2) is 59.1 Å². The third kappa shape index (κ3) is 6.06.